The van der Waals surface area contributed by atoms with Gasteiger partial charge in [0.1, 0.15) is 11.0 Å². The number of imidazole rings is 1. The normalized spacial score (nSPS) is 10.9. The highest BCUT2D eigenvalue weighted by Crippen LogP contribution is 2.23. The molecule has 0 atom stereocenters. The van der Waals surface area contributed by atoms with E-state index in [0.29, 0.717) is 10.8 Å². The van der Waals surface area contributed by atoms with Gasteiger partial charge in [0.2, 0.25) is 0 Å². The summed E-state index contributed by atoms with van der Waals surface area (Å²) in [6, 6.07) is 11.5. The summed E-state index contributed by atoms with van der Waals surface area (Å²) in [6.45, 7) is 0. The molecule has 0 saturated heterocycles. The monoisotopic (exact) mass is 307 g/mol. The van der Waals surface area contributed by atoms with Gasteiger partial charge in [0.25, 0.3) is 0 Å². The molecule has 0 fully saturated rings. The maximum Gasteiger partial charge on any atom is 0.179 e. The van der Waals surface area contributed by atoms with Crippen LogP contribution in [0.2, 0.25) is 5.15 Å². The van der Waals surface area contributed by atoms with Crippen LogP contribution in [0.15, 0.2) is 40.9 Å². The molecule has 2 aromatic heterocycles. The smallest absolute Gasteiger partial charge is 0.179 e. The van der Waals surface area contributed by atoms with E-state index in [9.17, 15) is 0 Å². The number of pyridine rings is 1. The van der Waals surface area contributed by atoms with Gasteiger partial charge in [0, 0.05) is 10.0 Å². The molecule has 0 bridgehead atoms. The van der Waals surface area contributed by atoms with Gasteiger partial charge in [0.05, 0.1) is 5.52 Å². The topological polar surface area (TPSA) is 41.6 Å². The van der Waals surface area contributed by atoms with Crippen molar-refractivity contribution < 1.29 is 0 Å². The van der Waals surface area contributed by atoms with E-state index in [4.69, 9.17) is 11.6 Å². The molecule has 0 unspecified atom stereocenters. The Morgan fingerprint density at radius 2 is 2.00 bits per heavy atom. The summed E-state index contributed by atoms with van der Waals surface area (Å²) in [7, 11) is 0. The van der Waals surface area contributed by atoms with Gasteiger partial charge >= 0.3 is 0 Å². The van der Waals surface area contributed by atoms with Crippen molar-refractivity contribution in [2.24, 2.45) is 0 Å². The lowest BCUT2D eigenvalue weighted by molar-refractivity contribution is 1.30. The first-order chi connectivity index (χ1) is 8.22. The van der Waals surface area contributed by atoms with Crippen LogP contribution in [0.3, 0.4) is 0 Å². The van der Waals surface area contributed by atoms with E-state index in [0.717, 1.165) is 21.4 Å². The molecule has 0 aliphatic carbocycles. The maximum absolute atomic E-state index is 5.83. The second-order valence-electron chi connectivity index (χ2n) is 3.60. The van der Waals surface area contributed by atoms with Crippen molar-refractivity contribution in [1.29, 1.82) is 0 Å². The summed E-state index contributed by atoms with van der Waals surface area (Å²) in [4.78, 5) is 11.8. The zero-order valence-electron chi connectivity index (χ0n) is 8.61. The standard InChI is InChI=1S/C12H7BrClN3/c13-8-3-1-2-7(6-8)11-15-9-4-5-10(14)16-12(9)17-11/h1-6H,(H,15,16,17). The zero-order chi connectivity index (χ0) is 11.8. The number of nitrogens with zero attached hydrogens (tertiary/aromatic N) is 2. The van der Waals surface area contributed by atoms with Gasteiger partial charge in [-0.05, 0) is 24.3 Å². The Bertz CT molecular complexity index is 693. The molecular weight excluding hydrogens is 302 g/mol. The van der Waals surface area contributed by atoms with Crippen LogP contribution < -0.4 is 0 Å². The van der Waals surface area contributed by atoms with E-state index in [-0.39, 0.29) is 0 Å². The summed E-state index contributed by atoms with van der Waals surface area (Å²) >= 11 is 9.26. The fourth-order valence-electron chi connectivity index (χ4n) is 1.64. The van der Waals surface area contributed by atoms with E-state index >= 15 is 0 Å². The fourth-order valence-corrected chi connectivity index (χ4v) is 2.18. The van der Waals surface area contributed by atoms with Crippen LogP contribution in [0.5, 0.6) is 0 Å². The molecular formula is C12H7BrClN3. The molecule has 17 heavy (non-hydrogen) atoms. The Hall–Kier alpha value is -1.39. The Kier molecular flexibility index (Phi) is 2.61. The van der Waals surface area contributed by atoms with Gasteiger partial charge in [-0.3, -0.25) is 0 Å². The van der Waals surface area contributed by atoms with Crippen LogP contribution in [0, 0.1) is 0 Å². The minimum absolute atomic E-state index is 0.449. The minimum atomic E-state index is 0.449. The molecule has 0 amide bonds. The molecule has 2 heterocycles. The highest BCUT2D eigenvalue weighted by molar-refractivity contribution is 9.10. The third kappa shape index (κ3) is 2.06. The highest BCUT2D eigenvalue weighted by Gasteiger charge is 2.06. The average Bonchev–Trinajstić information content (AvgIpc) is 2.72. The second kappa shape index (κ2) is 4.13. The van der Waals surface area contributed by atoms with Crippen molar-refractivity contribution in [1.82, 2.24) is 15.0 Å². The number of aromatic nitrogens is 3. The van der Waals surface area contributed by atoms with E-state index in [1.165, 1.54) is 0 Å². The minimum Gasteiger partial charge on any atom is -0.337 e. The summed E-state index contributed by atoms with van der Waals surface area (Å²) in [6.07, 6.45) is 0. The summed E-state index contributed by atoms with van der Waals surface area (Å²) in [5, 5.41) is 0.449. The van der Waals surface area contributed by atoms with Crippen molar-refractivity contribution in [2.45, 2.75) is 0 Å². The van der Waals surface area contributed by atoms with E-state index in [1.54, 1.807) is 6.07 Å². The number of fused-ring (bicyclic) bond motifs is 1. The molecule has 0 aliphatic rings. The largest absolute Gasteiger partial charge is 0.337 e. The van der Waals surface area contributed by atoms with Crippen molar-refractivity contribution in [3.63, 3.8) is 0 Å². The fraction of sp³-hybridized carbons (Fsp3) is 0. The third-order valence-corrected chi connectivity index (χ3v) is 3.11. The predicted molar refractivity (Wildman–Crippen MR) is 72.0 cm³/mol. The number of H-pyrrole nitrogens is 1. The number of halogens is 2. The van der Waals surface area contributed by atoms with Gasteiger partial charge in [-0.2, -0.15) is 0 Å². The van der Waals surface area contributed by atoms with Crippen LogP contribution >= 0.6 is 27.5 Å². The first kappa shape index (κ1) is 10.7. The zero-order valence-corrected chi connectivity index (χ0v) is 11.0. The van der Waals surface area contributed by atoms with Crippen LogP contribution in [-0.2, 0) is 0 Å². The SMILES string of the molecule is Clc1ccc2[nH]c(-c3cccc(Br)c3)nc2n1. The lowest BCUT2D eigenvalue weighted by Crippen LogP contribution is -1.79. The Balaban J connectivity index is 2.18. The quantitative estimate of drug-likeness (QED) is 0.689. The van der Waals surface area contributed by atoms with Gasteiger partial charge in [-0.1, -0.05) is 39.7 Å². The molecule has 1 aromatic carbocycles. The molecule has 84 valence electrons. The molecule has 3 nitrogen and oxygen atoms in total. The Labute approximate surface area is 111 Å². The lowest BCUT2D eigenvalue weighted by atomic mass is 10.2. The molecule has 3 rings (SSSR count). The molecule has 0 radical (unpaired) electrons. The lowest BCUT2D eigenvalue weighted by Gasteiger charge is -1.96. The number of hydrogen-bond donors (Lipinski definition) is 1. The Morgan fingerprint density at radius 1 is 1.12 bits per heavy atom. The first-order valence-corrected chi connectivity index (χ1v) is 6.18. The third-order valence-electron chi connectivity index (χ3n) is 2.41. The summed E-state index contributed by atoms with van der Waals surface area (Å²) in [5.41, 5.74) is 2.52. The van der Waals surface area contributed by atoms with Gasteiger partial charge in [-0.15, -0.1) is 0 Å². The van der Waals surface area contributed by atoms with Crippen molar-refractivity contribution in [2.75, 3.05) is 0 Å². The van der Waals surface area contributed by atoms with Crippen molar-refractivity contribution >= 4 is 38.7 Å². The van der Waals surface area contributed by atoms with Gasteiger partial charge in [-0.25, -0.2) is 9.97 Å². The molecule has 3 aromatic rings. The van der Waals surface area contributed by atoms with Crippen LogP contribution in [0.25, 0.3) is 22.6 Å². The Morgan fingerprint density at radius 3 is 2.82 bits per heavy atom. The van der Waals surface area contributed by atoms with E-state index in [2.05, 4.69) is 30.9 Å². The number of aromatic amines is 1. The van der Waals surface area contributed by atoms with Gasteiger partial charge < -0.3 is 4.98 Å². The van der Waals surface area contributed by atoms with Crippen LogP contribution in [0.4, 0.5) is 0 Å². The maximum atomic E-state index is 5.83. The van der Waals surface area contributed by atoms with E-state index in [1.807, 2.05) is 30.3 Å². The highest BCUT2D eigenvalue weighted by atomic mass is 79.9. The van der Waals surface area contributed by atoms with Crippen LogP contribution in [0.1, 0.15) is 0 Å². The van der Waals surface area contributed by atoms with Crippen LogP contribution in [-0.4, -0.2) is 15.0 Å². The number of benzene rings is 1. The van der Waals surface area contributed by atoms with Crippen molar-refractivity contribution in [3.8, 4) is 11.4 Å². The molecule has 0 spiro atoms. The average molecular weight is 309 g/mol. The molecule has 0 aliphatic heterocycles. The number of rotatable bonds is 1. The predicted octanol–water partition coefficient (Wildman–Crippen LogP) is 4.04. The van der Waals surface area contributed by atoms with E-state index < -0.39 is 0 Å². The summed E-state index contributed by atoms with van der Waals surface area (Å²) < 4.78 is 1.02. The molecule has 0 saturated carbocycles. The molecule has 5 heteroatoms. The second-order valence-corrected chi connectivity index (χ2v) is 4.90. The number of nitrogens with one attached hydrogen (secondary N) is 1. The molecule has 1 N–H and O–H groups in total. The van der Waals surface area contributed by atoms with Gasteiger partial charge in [0.15, 0.2) is 5.65 Å². The first-order valence-electron chi connectivity index (χ1n) is 5.00. The van der Waals surface area contributed by atoms with Crippen molar-refractivity contribution in [3.05, 3.63) is 46.0 Å². The number of hydrogen-bond acceptors (Lipinski definition) is 2. The summed E-state index contributed by atoms with van der Waals surface area (Å²) in [5.74, 6) is 0.788.